The van der Waals surface area contributed by atoms with E-state index in [1.54, 1.807) is 11.3 Å². The van der Waals surface area contributed by atoms with Gasteiger partial charge in [-0.3, -0.25) is 0 Å². The average molecular weight is 310 g/mol. The number of nitrogens with one attached hydrogen (secondary N) is 1. The number of benzene rings is 1. The van der Waals surface area contributed by atoms with Gasteiger partial charge in [-0.2, -0.15) is 11.3 Å². The molecule has 1 atom stereocenters. The zero-order valence-electron chi connectivity index (χ0n) is 9.82. The molecule has 1 nitrogen and oxygen atoms in total. The van der Waals surface area contributed by atoms with Crippen LogP contribution in [0, 0.1) is 0 Å². The van der Waals surface area contributed by atoms with Gasteiger partial charge < -0.3 is 5.32 Å². The fourth-order valence-corrected chi connectivity index (χ4v) is 2.82. The number of rotatable bonds is 5. The van der Waals surface area contributed by atoms with Crippen LogP contribution in [0.1, 0.15) is 11.1 Å². The Morgan fingerprint density at radius 1 is 1.12 bits per heavy atom. The van der Waals surface area contributed by atoms with Gasteiger partial charge in [-0.15, -0.1) is 0 Å². The Labute approximate surface area is 115 Å². The van der Waals surface area contributed by atoms with Gasteiger partial charge in [0.15, 0.2) is 0 Å². The average Bonchev–Trinajstić information content (AvgIpc) is 2.84. The Morgan fingerprint density at radius 2 is 1.82 bits per heavy atom. The van der Waals surface area contributed by atoms with Crippen molar-refractivity contribution in [3.63, 3.8) is 0 Å². The third kappa shape index (κ3) is 3.95. The predicted octanol–water partition coefficient (Wildman–Crippen LogP) is 3.88. The maximum absolute atomic E-state index is 3.46. The number of halogens is 1. The van der Waals surface area contributed by atoms with Crippen LogP contribution in [0.5, 0.6) is 0 Å². The van der Waals surface area contributed by atoms with Gasteiger partial charge in [0.2, 0.25) is 0 Å². The van der Waals surface area contributed by atoms with E-state index in [4.69, 9.17) is 0 Å². The Kier molecular flexibility index (Phi) is 4.77. The molecule has 1 heterocycles. The van der Waals surface area contributed by atoms with E-state index in [0.29, 0.717) is 6.04 Å². The summed E-state index contributed by atoms with van der Waals surface area (Å²) in [6.45, 7) is 0. The van der Waals surface area contributed by atoms with E-state index in [1.807, 2.05) is 7.05 Å². The Balaban J connectivity index is 1.97. The first-order valence-electron chi connectivity index (χ1n) is 5.70. The number of likely N-dealkylation sites (N-methyl/N-ethyl adjacent to an activating group) is 1. The van der Waals surface area contributed by atoms with E-state index in [1.165, 1.54) is 11.1 Å². The molecule has 1 unspecified atom stereocenters. The maximum atomic E-state index is 3.46. The lowest BCUT2D eigenvalue weighted by molar-refractivity contribution is 0.557. The summed E-state index contributed by atoms with van der Waals surface area (Å²) in [7, 11) is 2.04. The number of hydrogen-bond donors (Lipinski definition) is 1. The van der Waals surface area contributed by atoms with Gasteiger partial charge >= 0.3 is 0 Å². The smallest absolute Gasteiger partial charge is 0.0175 e. The molecule has 0 radical (unpaired) electrons. The second kappa shape index (κ2) is 6.34. The van der Waals surface area contributed by atoms with Crippen LogP contribution in [0.25, 0.3) is 0 Å². The van der Waals surface area contributed by atoms with Crippen molar-refractivity contribution in [1.29, 1.82) is 0 Å². The van der Waals surface area contributed by atoms with E-state index < -0.39 is 0 Å². The van der Waals surface area contributed by atoms with Crippen LogP contribution in [0.4, 0.5) is 0 Å². The highest BCUT2D eigenvalue weighted by atomic mass is 79.9. The third-order valence-corrected chi connectivity index (χ3v) is 4.13. The Bertz CT molecular complexity index is 436. The van der Waals surface area contributed by atoms with Gasteiger partial charge in [0.25, 0.3) is 0 Å². The van der Waals surface area contributed by atoms with Crippen LogP contribution in [0.3, 0.4) is 0 Å². The van der Waals surface area contributed by atoms with E-state index in [-0.39, 0.29) is 0 Å². The van der Waals surface area contributed by atoms with Crippen LogP contribution >= 0.6 is 27.3 Å². The lowest BCUT2D eigenvalue weighted by Crippen LogP contribution is -2.29. The first-order valence-corrected chi connectivity index (χ1v) is 7.44. The summed E-state index contributed by atoms with van der Waals surface area (Å²) >= 11 is 5.23. The molecule has 0 bridgehead atoms. The summed E-state index contributed by atoms with van der Waals surface area (Å²) in [6, 6.07) is 11.3. The van der Waals surface area contributed by atoms with Crippen molar-refractivity contribution in [1.82, 2.24) is 5.32 Å². The quantitative estimate of drug-likeness (QED) is 0.883. The molecule has 0 fully saturated rings. The van der Waals surface area contributed by atoms with Crippen molar-refractivity contribution < 1.29 is 0 Å². The summed E-state index contributed by atoms with van der Waals surface area (Å²) in [5, 5.41) is 7.76. The van der Waals surface area contributed by atoms with Gasteiger partial charge in [0.05, 0.1) is 0 Å². The highest BCUT2D eigenvalue weighted by Crippen LogP contribution is 2.14. The van der Waals surface area contributed by atoms with Crippen molar-refractivity contribution >= 4 is 27.3 Å². The van der Waals surface area contributed by atoms with E-state index in [9.17, 15) is 0 Å². The summed E-state index contributed by atoms with van der Waals surface area (Å²) in [5.41, 5.74) is 2.80. The van der Waals surface area contributed by atoms with Gasteiger partial charge in [0.1, 0.15) is 0 Å². The minimum atomic E-state index is 0.505. The first kappa shape index (κ1) is 12.8. The highest BCUT2D eigenvalue weighted by Gasteiger charge is 2.08. The number of thiophene rings is 1. The molecule has 0 saturated heterocycles. The molecule has 0 saturated carbocycles. The molecular formula is C14H16BrNS. The summed E-state index contributed by atoms with van der Waals surface area (Å²) < 4.78 is 1.14. The maximum Gasteiger partial charge on any atom is 0.0175 e. The monoisotopic (exact) mass is 309 g/mol. The zero-order chi connectivity index (χ0) is 12.1. The minimum absolute atomic E-state index is 0.505. The molecule has 0 amide bonds. The molecule has 2 rings (SSSR count). The fraction of sp³-hybridized carbons (Fsp3) is 0.286. The largest absolute Gasteiger partial charge is 0.316 e. The molecule has 1 aromatic carbocycles. The first-order chi connectivity index (χ1) is 8.28. The van der Waals surface area contributed by atoms with E-state index in [0.717, 1.165) is 17.3 Å². The molecule has 0 aliphatic carbocycles. The lowest BCUT2D eigenvalue weighted by Gasteiger charge is -2.15. The minimum Gasteiger partial charge on any atom is -0.316 e. The summed E-state index contributed by atoms with van der Waals surface area (Å²) in [5.74, 6) is 0. The molecule has 2 aromatic rings. The predicted molar refractivity (Wildman–Crippen MR) is 78.7 cm³/mol. The fourth-order valence-electron chi connectivity index (χ4n) is 1.87. The highest BCUT2D eigenvalue weighted by molar-refractivity contribution is 9.10. The third-order valence-electron chi connectivity index (χ3n) is 2.87. The standard InChI is InChI=1S/C14H16BrNS/c1-16-14(9-12-6-7-17-10-12)8-11-2-4-13(15)5-3-11/h2-7,10,14,16H,8-9H2,1H3. The molecule has 0 aliphatic heterocycles. The van der Waals surface area contributed by atoms with Crippen molar-refractivity contribution in [2.24, 2.45) is 0 Å². The van der Waals surface area contributed by atoms with Gasteiger partial charge in [-0.1, -0.05) is 28.1 Å². The van der Waals surface area contributed by atoms with Crippen molar-refractivity contribution in [2.75, 3.05) is 7.05 Å². The molecule has 0 spiro atoms. The van der Waals surface area contributed by atoms with E-state index >= 15 is 0 Å². The van der Waals surface area contributed by atoms with Crippen LogP contribution in [-0.4, -0.2) is 13.1 Å². The molecule has 0 aliphatic rings. The Hall–Kier alpha value is -0.640. The second-order valence-corrected chi connectivity index (χ2v) is 5.85. The lowest BCUT2D eigenvalue weighted by atomic mass is 10.0. The van der Waals surface area contributed by atoms with Crippen LogP contribution in [0.15, 0.2) is 45.6 Å². The van der Waals surface area contributed by atoms with Crippen LogP contribution < -0.4 is 5.32 Å². The summed E-state index contributed by atoms with van der Waals surface area (Å²) in [6.07, 6.45) is 2.16. The van der Waals surface area contributed by atoms with Gasteiger partial charge in [0, 0.05) is 10.5 Å². The van der Waals surface area contributed by atoms with Gasteiger partial charge in [-0.25, -0.2) is 0 Å². The molecule has 1 aromatic heterocycles. The molecule has 17 heavy (non-hydrogen) atoms. The van der Waals surface area contributed by atoms with Crippen molar-refractivity contribution in [3.8, 4) is 0 Å². The van der Waals surface area contributed by atoms with Gasteiger partial charge in [-0.05, 0) is 60.0 Å². The van der Waals surface area contributed by atoms with E-state index in [2.05, 4.69) is 62.3 Å². The molecule has 3 heteroatoms. The van der Waals surface area contributed by atoms with Crippen LogP contribution in [0.2, 0.25) is 0 Å². The Morgan fingerprint density at radius 3 is 2.41 bits per heavy atom. The topological polar surface area (TPSA) is 12.0 Å². The van der Waals surface area contributed by atoms with Crippen molar-refractivity contribution in [2.45, 2.75) is 18.9 Å². The summed E-state index contributed by atoms with van der Waals surface area (Å²) in [4.78, 5) is 0. The SMILES string of the molecule is CNC(Cc1ccc(Br)cc1)Cc1ccsc1. The molecule has 1 N–H and O–H groups in total. The normalized spacial score (nSPS) is 12.6. The number of hydrogen-bond acceptors (Lipinski definition) is 2. The zero-order valence-corrected chi connectivity index (χ0v) is 12.2. The van der Waals surface area contributed by atoms with Crippen LogP contribution in [-0.2, 0) is 12.8 Å². The van der Waals surface area contributed by atoms with Crippen molar-refractivity contribution in [3.05, 3.63) is 56.7 Å². The molecular weight excluding hydrogens is 294 g/mol. The second-order valence-electron chi connectivity index (χ2n) is 4.15. The molecule has 90 valence electrons.